The summed E-state index contributed by atoms with van der Waals surface area (Å²) in [7, 11) is 1.64. The first-order chi connectivity index (χ1) is 14.7. The number of nitrogens with one attached hydrogen (secondary N) is 1. The molecule has 0 amide bonds. The highest BCUT2D eigenvalue weighted by Crippen LogP contribution is 2.32. The first kappa shape index (κ1) is 19.2. The molecule has 0 fully saturated rings. The van der Waals surface area contributed by atoms with Crippen molar-refractivity contribution < 1.29 is 4.74 Å². The molecule has 0 aliphatic heterocycles. The molecular formula is C25H20N4O. The zero-order valence-corrected chi connectivity index (χ0v) is 16.8. The Morgan fingerprint density at radius 1 is 1.00 bits per heavy atom. The first-order valence-corrected chi connectivity index (χ1v) is 9.50. The molecule has 2 aromatic carbocycles. The number of hydrogen-bond acceptors (Lipinski definition) is 5. The highest BCUT2D eigenvalue weighted by Gasteiger charge is 2.11. The summed E-state index contributed by atoms with van der Waals surface area (Å²) in [5.74, 6) is 0.753. The molecule has 0 bridgehead atoms. The Hall–Kier alpha value is -4.17. The molecule has 5 nitrogen and oxygen atoms in total. The molecule has 146 valence electrons. The number of aromatic nitrogens is 2. The third kappa shape index (κ3) is 3.98. The number of fused-ring (bicyclic) bond motifs is 1. The molecule has 4 rings (SSSR count). The van der Waals surface area contributed by atoms with Crippen LogP contribution in [0.3, 0.4) is 0 Å². The zero-order chi connectivity index (χ0) is 20.9. The fourth-order valence-corrected chi connectivity index (χ4v) is 3.20. The van der Waals surface area contributed by atoms with Crippen LogP contribution in [0.1, 0.15) is 22.3 Å². The van der Waals surface area contributed by atoms with E-state index in [2.05, 4.69) is 21.4 Å². The van der Waals surface area contributed by atoms with Gasteiger partial charge in [-0.05, 0) is 47.9 Å². The van der Waals surface area contributed by atoms with Gasteiger partial charge in [0.05, 0.1) is 23.9 Å². The van der Waals surface area contributed by atoms with Crippen molar-refractivity contribution in [2.75, 3.05) is 12.4 Å². The number of benzene rings is 2. The minimum atomic E-state index is 0.491. The van der Waals surface area contributed by atoms with Crippen LogP contribution in [0, 0.1) is 18.3 Å². The number of aryl methyl sites for hydroxylation is 1. The molecule has 2 aromatic heterocycles. The Bertz CT molecular complexity index is 1270. The molecule has 0 radical (unpaired) electrons. The largest absolute Gasteiger partial charge is 0.497 e. The molecular weight excluding hydrogens is 372 g/mol. The second kappa shape index (κ2) is 8.46. The summed E-state index contributed by atoms with van der Waals surface area (Å²) in [6.45, 7) is 2.01. The zero-order valence-electron chi connectivity index (χ0n) is 16.8. The number of anilines is 2. The molecule has 0 aliphatic rings. The maximum Gasteiger partial charge on any atom is 0.120 e. The third-order valence-corrected chi connectivity index (χ3v) is 4.89. The molecule has 0 aliphatic carbocycles. The predicted molar refractivity (Wildman–Crippen MR) is 121 cm³/mol. The molecule has 4 aromatic rings. The number of rotatable bonds is 5. The van der Waals surface area contributed by atoms with Gasteiger partial charge in [-0.2, -0.15) is 5.26 Å². The Labute approximate surface area is 175 Å². The van der Waals surface area contributed by atoms with Gasteiger partial charge in [0.2, 0.25) is 0 Å². The SMILES string of the molecule is COc1ccc(C)c(Nc2c(C#N)cnc3cc(/C=C/c4ccncc4)ccc23)c1. The van der Waals surface area contributed by atoms with E-state index in [9.17, 15) is 5.26 Å². The predicted octanol–water partition coefficient (Wildman–Crippen LogP) is 5.73. The summed E-state index contributed by atoms with van der Waals surface area (Å²) in [5.41, 5.74) is 6.09. The van der Waals surface area contributed by atoms with Crippen molar-refractivity contribution in [2.45, 2.75) is 6.92 Å². The van der Waals surface area contributed by atoms with Crippen LogP contribution >= 0.6 is 0 Å². The minimum Gasteiger partial charge on any atom is -0.497 e. The van der Waals surface area contributed by atoms with Crippen LogP contribution in [-0.2, 0) is 0 Å². The summed E-state index contributed by atoms with van der Waals surface area (Å²) >= 11 is 0. The Balaban J connectivity index is 1.74. The molecule has 0 unspecified atom stereocenters. The van der Waals surface area contributed by atoms with E-state index in [0.717, 1.165) is 44.7 Å². The van der Waals surface area contributed by atoms with Gasteiger partial charge in [-0.15, -0.1) is 0 Å². The summed E-state index contributed by atoms with van der Waals surface area (Å²) in [5, 5.41) is 13.9. The maximum absolute atomic E-state index is 9.62. The van der Waals surface area contributed by atoms with Crippen molar-refractivity contribution >= 4 is 34.4 Å². The van der Waals surface area contributed by atoms with Gasteiger partial charge in [0, 0.05) is 35.7 Å². The Kier molecular flexibility index (Phi) is 5.40. The minimum absolute atomic E-state index is 0.491. The molecule has 5 heteroatoms. The topological polar surface area (TPSA) is 70.8 Å². The van der Waals surface area contributed by atoms with E-state index in [-0.39, 0.29) is 0 Å². The van der Waals surface area contributed by atoms with Gasteiger partial charge in [0.1, 0.15) is 11.8 Å². The summed E-state index contributed by atoms with van der Waals surface area (Å²) in [4.78, 5) is 8.53. The number of nitriles is 1. The summed E-state index contributed by atoms with van der Waals surface area (Å²) in [6.07, 6.45) is 9.21. The van der Waals surface area contributed by atoms with E-state index < -0.39 is 0 Å². The van der Waals surface area contributed by atoms with Crippen molar-refractivity contribution in [3.8, 4) is 11.8 Å². The lowest BCUT2D eigenvalue weighted by molar-refractivity contribution is 0.415. The van der Waals surface area contributed by atoms with E-state index in [1.165, 1.54) is 0 Å². The molecule has 1 N–H and O–H groups in total. The number of pyridine rings is 2. The summed E-state index contributed by atoms with van der Waals surface area (Å²) in [6, 6.07) is 18.0. The Morgan fingerprint density at radius 3 is 2.57 bits per heavy atom. The van der Waals surface area contributed by atoms with Crippen molar-refractivity contribution in [3.63, 3.8) is 0 Å². The fraction of sp³-hybridized carbons (Fsp3) is 0.0800. The third-order valence-electron chi connectivity index (χ3n) is 4.89. The number of methoxy groups -OCH3 is 1. The number of nitrogens with zero attached hydrogens (tertiary/aromatic N) is 3. The molecule has 0 spiro atoms. The van der Waals surface area contributed by atoms with Gasteiger partial charge < -0.3 is 10.1 Å². The first-order valence-electron chi connectivity index (χ1n) is 9.50. The monoisotopic (exact) mass is 392 g/mol. The van der Waals surface area contributed by atoms with Crippen molar-refractivity contribution in [2.24, 2.45) is 0 Å². The van der Waals surface area contributed by atoms with E-state index >= 15 is 0 Å². The van der Waals surface area contributed by atoms with E-state index in [1.807, 2.05) is 67.6 Å². The van der Waals surface area contributed by atoms with Gasteiger partial charge in [-0.1, -0.05) is 30.4 Å². The molecule has 0 atom stereocenters. The van der Waals surface area contributed by atoms with Crippen molar-refractivity contribution in [1.29, 1.82) is 5.26 Å². The normalized spacial score (nSPS) is 10.8. The highest BCUT2D eigenvalue weighted by molar-refractivity contribution is 5.97. The van der Waals surface area contributed by atoms with Gasteiger partial charge >= 0.3 is 0 Å². The van der Waals surface area contributed by atoms with E-state index in [1.54, 1.807) is 25.7 Å². The van der Waals surface area contributed by atoms with Crippen LogP contribution in [0.25, 0.3) is 23.1 Å². The average molecular weight is 392 g/mol. The molecule has 0 saturated heterocycles. The molecule has 2 heterocycles. The van der Waals surface area contributed by atoms with Crippen LogP contribution < -0.4 is 10.1 Å². The lowest BCUT2D eigenvalue weighted by Gasteiger charge is -2.14. The van der Waals surface area contributed by atoms with E-state index in [4.69, 9.17) is 4.74 Å². The second-order valence-electron chi connectivity index (χ2n) is 6.85. The maximum atomic E-state index is 9.62. The van der Waals surface area contributed by atoms with Gasteiger partial charge in [-0.3, -0.25) is 9.97 Å². The van der Waals surface area contributed by atoms with Gasteiger partial charge in [0.15, 0.2) is 0 Å². The lowest BCUT2D eigenvalue weighted by atomic mass is 10.1. The van der Waals surface area contributed by atoms with Gasteiger partial charge in [0.25, 0.3) is 0 Å². The van der Waals surface area contributed by atoms with Crippen LogP contribution in [0.5, 0.6) is 5.75 Å². The van der Waals surface area contributed by atoms with Gasteiger partial charge in [-0.25, -0.2) is 0 Å². The molecule has 30 heavy (non-hydrogen) atoms. The lowest BCUT2D eigenvalue weighted by Crippen LogP contribution is -1.99. The fourth-order valence-electron chi connectivity index (χ4n) is 3.20. The van der Waals surface area contributed by atoms with Crippen LogP contribution in [-0.4, -0.2) is 17.1 Å². The highest BCUT2D eigenvalue weighted by atomic mass is 16.5. The second-order valence-corrected chi connectivity index (χ2v) is 6.85. The van der Waals surface area contributed by atoms with Crippen LogP contribution in [0.15, 0.2) is 67.1 Å². The van der Waals surface area contributed by atoms with Crippen molar-refractivity contribution in [1.82, 2.24) is 9.97 Å². The standard InChI is InChI=1S/C25H20N4O/c1-17-3-7-21(30-2)14-23(17)29-25-20(15-26)16-28-24-13-19(6-8-22(24)25)5-4-18-9-11-27-12-10-18/h3-14,16H,1-2H3,(H,28,29)/b5-4+. The van der Waals surface area contributed by atoms with Crippen molar-refractivity contribution in [3.05, 3.63) is 89.4 Å². The number of hydrogen-bond donors (Lipinski definition) is 1. The molecule has 0 saturated carbocycles. The van der Waals surface area contributed by atoms with Crippen LogP contribution in [0.2, 0.25) is 0 Å². The average Bonchev–Trinajstić information content (AvgIpc) is 2.79. The number of ether oxygens (including phenoxy) is 1. The smallest absolute Gasteiger partial charge is 0.120 e. The summed E-state index contributed by atoms with van der Waals surface area (Å²) < 4.78 is 5.34. The quantitative estimate of drug-likeness (QED) is 0.469. The van der Waals surface area contributed by atoms with Crippen LogP contribution in [0.4, 0.5) is 11.4 Å². The Morgan fingerprint density at radius 2 is 1.80 bits per heavy atom. The van der Waals surface area contributed by atoms with E-state index in [0.29, 0.717) is 5.56 Å².